The molecule has 1 N–H and O–H groups in total. The third kappa shape index (κ3) is 4.46. The van der Waals surface area contributed by atoms with Crippen LogP contribution in [0.2, 0.25) is 0 Å². The van der Waals surface area contributed by atoms with Crippen molar-refractivity contribution in [3.05, 3.63) is 66.1 Å². The molecule has 6 nitrogen and oxygen atoms in total. The van der Waals surface area contributed by atoms with Crippen LogP contribution in [0.3, 0.4) is 0 Å². The first-order valence-electron chi connectivity index (χ1n) is 8.68. The molecule has 0 radical (unpaired) electrons. The van der Waals surface area contributed by atoms with Gasteiger partial charge in [-0.05, 0) is 37.3 Å². The standard InChI is InChI=1S/C20H19F2N5O/c1-3-27(2)19(28)17-12-13(7-9-23-17)16-8-10-24-20(26-16)25-15-6-4-5-14(11-15)18(21)22/h4-12,18H,3H2,1-2H3,(H,24,25,26). The third-order valence-corrected chi connectivity index (χ3v) is 4.15. The molecule has 0 aliphatic heterocycles. The van der Waals surface area contributed by atoms with Crippen molar-refractivity contribution in [2.45, 2.75) is 13.3 Å². The molecule has 2 aromatic heterocycles. The fourth-order valence-electron chi connectivity index (χ4n) is 2.51. The van der Waals surface area contributed by atoms with Crippen LogP contribution in [-0.2, 0) is 0 Å². The number of pyridine rings is 1. The van der Waals surface area contributed by atoms with Crippen LogP contribution in [0.4, 0.5) is 20.4 Å². The Labute approximate surface area is 161 Å². The molecular formula is C20H19F2N5O. The molecule has 0 spiro atoms. The number of benzene rings is 1. The van der Waals surface area contributed by atoms with Crippen LogP contribution >= 0.6 is 0 Å². The molecule has 3 rings (SSSR count). The number of alkyl halides is 2. The maximum absolute atomic E-state index is 12.9. The van der Waals surface area contributed by atoms with E-state index in [1.165, 1.54) is 12.1 Å². The Morgan fingerprint density at radius 3 is 2.68 bits per heavy atom. The van der Waals surface area contributed by atoms with Gasteiger partial charge in [-0.2, -0.15) is 0 Å². The first kappa shape index (κ1) is 19.3. The third-order valence-electron chi connectivity index (χ3n) is 4.15. The van der Waals surface area contributed by atoms with Gasteiger partial charge < -0.3 is 10.2 Å². The topological polar surface area (TPSA) is 71.0 Å². The molecule has 0 atom stereocenters. The molecule has 0 bridgehead atoms. The highest BCUT2D eigenvalue weighted by molar-refractivity contribution is 5.93. The largest absolute Gasteiger partial charge is 0.341 e. The fourth-order valence-corrected chi connectivity index (χ4v) is 2.51. The summed E-state index contributed by atoms with van der Waals surface area (Å²) in [5.74, 6) is 0.0832. The molecule has 0 unspecified atom stereocenters. The SMILES string of the molecule is CCN(C)C(=O)c1cc(-c2ccnc(Nc3cccc(C(F)F)c3)n2)ccn1. The number of carbonyl (C=O) groups excluding carboxylic acids is 1. The number of halogens is 2. The van der Waals surface area contributed by atoms with Crippen molar-refractivity contribution in [2.24, 2.45) is 0 Å². The molecule has 0 saturated heterocycles. The zero-order valence-corrected chi connectivity index (χ0v) is 15.4. The van der Waals surface area contributed by atoms with Crippen molar-refractivity contribution in [1.29, 1.82) is 0 Å². The minimum absolute atomic E-state index is 0.0847. The van der Waals surface area contributed by atoms with Crippen LogP contribution in [0.25, 0.3) is 11.3 Å². The predicted octanol–water partition coefficient (Wildman–Crippen LogP) is 4.31. The highest BCUT2D eigenvalue weighted by atomic mass is 19.3. The Kier molecular flexibility index (Phi) is 5.88. The van der Waals surface area contributed by atoms with Gasteiger partial charge in [0, 0.05) is 42.8 Å². The summed E-state index contributed by atoms with van der Waals surface area (Å²) in [7, 11) is 1.71. The molecule has 1 amide bonds. The van der Waals surface area contributed by atoms with Gasteiger partial charge in [-0.25, -0.2) is 18.7 Å². The maximum Gasteiger partial charge on any atom is 0.272 e. The Bertz CT molecular complexity index is 980. The van der Waals surface area contributed by atoms with Crippen LogP contribution < -0.4 is 5.32 Å². The van der Waals surface area contributed by atoms with Gasteiger partial charge in [-0.3, -0.25) is 9.78 Å². The number of rotatable bonds is 6. The minimum Gasteiger partial charge on any atom is -0.341 e. The van der Waals surface area contributed by atoms with E-state index in [1.54, 1.807) is 54.7 Å². The summed E-state index contributed by atoms with van der Waals surface area (Å²) in [6, 6.07) is 11.0. The average Bonchev–Trinajstić information content (AvgIpc) is 2.73. The van der Waals surface area contributed by atoms with Gasteiger partial charge >= 0.3 is 0 Å². The van der Waals surface area contributed by atoms with E-state index >= 15 is 0 Å². The molecule has 0 aliphatic carbocycles. The van der Waals surface area contributed by atoms with E-state index in [9.17, 15) is 13.6 Å². The normalized spacial score (nSPS) is 10.8. The van der Waals surface area contributed by atoms with E-state index in [4.69, 9.17) is 0 Å². The molecule has 0 fully saturated rings. The van der Waals surface area contributed by atoms with Crippen LogP contribution in [0.15, 0.2) is 54.9 Å². The average molecular weight is 383 g/mol. The van der Waals surface area contributed by atoms with Crippen LogP contribution in [0.5, 0.6) is 0 Å². The van der Waals surface area contributed by atoms with E-state index in [0.717, 1.165) is 0 Å². The summed E-state index contributed by atoms with van der Waals surface area (Å²) in [6.45, 7) is 2.46. The summed E-state index contributed by atoms with van der Waals surface area (Å²) >= 11 is 0. The Balaban J connectivity index is 1.86. The van der Waals surface area contributed by atoms with E-state index in [1.807, 2.05) is 6.92 Å². The first-order chi connectivity index (χ1) is 13.5. The fraction of sp³-hybridized carbons (Fsp3) is 0.200. The van der Waals surface area contributed by atoms with Crippen molar-refractivity contribution in [1.82, 2.24) is 19.9 Å². The van der Waals surface area contributed by atoms with E-state index in [2.05, 4.69) is 20.3 Å². The van der Waals surface area contributed by atoms with E-state index in [-0.39, 0.29) is 17.4 Å². The number of nitrogens with zero attached hydrogens (tertiary/aromatic N) is 4. The van der Waals surface area contributed by atoms with Crippen molar-refractivity contribution < 1.29 is 13.6 Å². The Hall–Kier alpha value is -3.42. The number of carbonyl (C=O) groups is 1. The zero-order valence-electron chi connectivity index (χ0n) is 15.4. The number of aromatic nitrogens is 3. The van der Waals surface area contributed by atoms with E-state index < -0.39 is 6.43 Å². The highest BCUT2D eigenvalue weighted by Gasteiger charge is 2.13. The molecule has 144 valence electrons. The molecule has 3 aromatic rings. The van der Waals surface area contributed by atoms with E-state index in [0.29, 0.717) is 29.2 Å². The van der Waals surface area contributed by atoms with Gasteiger partial charge in [0.15, 0.2) is 0 Å². The second-order valence-corrected chi connectivity index (χ2v) is 6.07. The highest BCUT2D eigenvalue weighted by Crippen LogP contribution is 2.24. The molecule has 0 saturated carbocycles. The van der Waals surface area contributed by atoms with Crippen molar-refractivity contribution in [3.8, 4) is 11.3 Å². The molecule has 0 aliphatic rings. The summed E-state index contributed by atoms with van der Waals surface area (Å²) in [4.78, 5) is 26.6. The summed E-state index contributed by atoms with van der Waals surface area (Å²) < 4.78 is 25.7. The number of anilines is 2. The smallest absolute Gasteiger partial charge is 0.272 e. The number of nitrogens with one attached hydrogen (secondary N) is 1. The molecule has 2 heterocycles. The summed E-state index contributed by atoms with van der Waals surface area (Å²) in [5.41, 5.74) is 1.98. The van der Waals surface area contributed by atoms with Crippen molar-refractivity contribution in [3.63, 3.8) is 0 Å². The lowest BCUT2D eigenvalue weighted by Crippen LogP contribution is -2.27. The summed E-state index contributed by atoms with van der Waals surface area (Å²) in [5, 5.41) is 2.93. The Morgan fingerprint density at radius 2 is 1.93 bits per heavy atom. The van der Waals surface area contributed by atoms with Gasteiger partial charge in [0.2, 0.25) is 5.95 Å². The molecule has 28 heavy (non-hydrogen) atoms. The lowest BCUT2D eigenvalue weighted by atomic mass is 10.1. The number of hydrogen-bond donors (Lipinski definition) is 1. The number of hydrogen-bond acceptors (Lipinski definition) is 5. The predicted molar refractivity (Wildman–Crippen MR) is 103 cm³/mol. The second kappa shape index (κ2) is 8.51. The van der Waals surface area contributed by atoms with Crippen LogP contribution in [-0.4, -0.2) is 39.4 Å². The van der Waals surface area contributed by atoms with Crippen LogP contribution in [0.1, 0.15) is 29.4 Å². The van der Waals surface area contributed by atoms with Gasteiger partial charge in [-0.15, -0.1) is 0 Å². The lowest BCUT2D eigenvalue weighted by molar-refractivity contribution is 0.0796. The van der Waals surface area contributed by atoms with Gasteiger partial charge in [0.25, 0.3) is 12.3 Å². The Morgan fingerprint density at radius 1 is 1.14 bits per heavy atom. The molecule has 8 heteroatoms. The van der Waals surface area contributed by atoms with Crippen molar-refractivity contribution in [2.75, 3.05) is 18.9 Å². The quantitative estimate of drug-likeness (QED) is 0.687. The molecular weight excluding hydrogens is 364 g/mol. The monoisotopic (exact) mass is 383 g/mol. The van der Waals surface area contributed by atoms with Gasteiger partial charge in [0.05, 0.1) is 5.69 Å². The molecule has 1 aromatic carbocycles. The summed E-state index contributed by atoms with van der Waals surface area (Å²) in [6.07, 6.45) is 0.554. The minimum atomic E-state index is -2.55. The van der Waals surface area contributed by atoms with Crippen LogP contribution in [0, 0.1) is 0 Å². The number of amides is 1. The van der Waals surface area contributed by atoms with Crippen molar-refractivity contribution >= 4 is 17.5 Å². The lowest BCUT2D eigenvalue weighted by Gasteiger charge is -2.14. The maximum atomic E-state index is 12.9. The zero-order chi connectivity index (χ0) is 20.1. The van der Waals surface area contributed by atoms with Gasteiger partial charge in [-0.1, -0.05) is 12.1 Å². The van der Waals surface area contributed by atoms with Gasteiger partial charge in [0.1, 0.15) is 5.69 Å². The second-order valence-electron chi connectivity index (χ2n) is 6.07. The first-order valence-corrected chi connectivity index (χ1v) is 8.68.